The average molecular weight is 366 g/mol. The molecule has 2 aromatic heterocycles. The van der Waals surface area contributed by atoms with Crippen LogP contribution in [0.4, 0.5) is 20.3 Å². The predicted molar refractivity (Wildman–Crippen MR) is 90.3 cm³/mol. The zero-order valence-corrected chi connectivity index (χ0v) is 14.1. The molecule has 0 aliphatic heterocycles. The molecule has 0 aliphatic carbocycles. The van der Waals surface area contributed by atoms with E-state index in [1.165, 1.54) is 12.1 Å². The molecule has 0 fully saturated rings. The molecule has 0 atom stereocenters. The van der Waals surface area contributed by atoms with Crippen LogP contribution in [0.25, 0.3) is 11.3 Å². The summed E-state index contributed by atoms with van der Waals surface area (Å²) in [5.74, 6) is 0.567. The van der Waals surface area contributed by atoms with E-state index in [4.69, 9.17) is 11.6 Å². The second kappa shape index (κ2) is 7.02. The summed E-state index contributed by atoms with van der Waals surface area (Å²) in [4.78, 5) is 8.64. The lowest BCUT2D eigenvalue weighted by molar-refractivity contribution is -0.0498. The maximum atomic E-state index is 12.2. The number of anilines is 2. The first kappa shape index (κ1) is 17.1. The summed E-state index contributed by atoms with van der Waals surface area (Å²) in [6, 6.07) is 6.09. The van der Waals surface area contributed by atoms with Gasteiger partial charge in [-0.15, -0.1) is 0 Å². The van der Waals surface area contributed by atoms with Gasteiger partial charge in [-0.2, -0.15) is 13.9 Å². The monoisotopic (exact) mass is 365 g/mol. The number of halogens is 3. The molecule has 1 aromatic carbocycles. The standard InChI is InChI=1S/C16H14ClF2N5O/c1-9-14(15(17)24(2)23-9)12-7-20-8-13(22-12)21-10-3-5-11(6-4-10)25-16(18)19/h3-8,16H,1-2H3,(H,21,22). The van der Waals surface area contributed by atoms with Gasteiger partial charge < -0.3 is 10.1 Å². The molecule has 0 bridgehead atoms. The molecule has 0 saturated carbocycles. The fraction of sp³-hybridized carbons (Fsp3) is 0.188. The van der Waals surface area contributed by atoms with E-state index < -0.39 is 6.61 Å². The van der Waals surface area contributed by atoms with E-state index in [1.807, 2.05) is 6.92 Å². The van der Waals surface area contributed by atoms with Crippen LogP contribution in [0.15, 0.2) is 36.7 Å². The molecule has 1 N–H and O–H groups in total. The fourth-order valence-electron chi connectivity index (χ4n) is 2.34. The van der Waals surface area contributed by atoms with Gasteiger partial charge in [-0.25, -0.2) is 4.98 Å². The number of nitrogens with zero attached hydrogens (tertiary/aromatic N) is 4. The van der Waals surface area contributed by atoms with Crippen molar-refractivity contribution in [1.29, 1.82) is 0 Å². The number of rotatable bonds is 5. The van der Waals surface area contributed by atoms with Crippen molar-refractivity contribution in [3.05, 3.63) is 47.5 Å². The second-order valence-corrected chi connectivity index (χ2v) is 5.55. The lowest BCUT2D eigenvalue weighted by Crippen LogP contribution is -2.02. The van der Waals surface area contributed by atoms with Crippen LogP contribution in [0.5, 0.6) is 5.75 Å². The van der Waals surface area contributed by atoms with Crippen molar-refractivity contribution in [3.8, 4) is 17.0 Å². The maximum absolute atomic E-state index is 12.2. The Morgan fingerprint density at radius 1 is 1.20 bits per heavy atom. The Labute approximate surface area is 147 Å². The summed E-state index contributed by atoms with van der Waals surface area (Å²) in [6.45, 7) is -1.01. The number of alkyl halides is 2. The first-order chi connectivity index (χ1) is 11.9. The van der Waals surface area contributed by atoms with Crippen molar-refractivity contribution in [2.45, 2.75) is 13.5 Å². The largest absolute Gasteiger partial charge is 0.435 e. The van der Waals surface area contributed by atoms with Crippen molar-refractivity contribution < 1.29 is 13.5 Å². The molecule has 3 aromatic rings. The van der Waals surface area contributed by atoms with E-state index in [0.29, 0.717) is 27.9 Å². The van der Waals surface area contributed by atoms with Crippen LogP contribution in [-0.2, 0) is 7.05 Å². The predicted octanol–water partition coefficient (Wildman–Crippen LogP) is 4.18. The quantitative estimate of drug-likeness (QED) is 0.734. The number of benzene rings is 1. The van der Waals surface area contributed by atoms with Crippen molar-refractivity contribution in [3.63, 3.8) is 0 Å². The number of aromatic nitrogens is 4. The highest BCUT2D eigenvalue weighted by molar-refractivity contribution is 6.32. The summed E-state index contributed by atoms with van der Waals surface area (Å²) < 4.78 is 30.2. The van der Waals surface area contributed by atoms with E-state index in [9.17, 15) is 8.78 Å². The van der Waals surface area contributed by atoms with Gasteiger partial charge in [-0.3, -0.25) is 9.67 Å². The molecule has 0 spiro atoms. The Morgan fingerprint density at radius 2 is 1.92 bits per heavy atom. The molecule has 0 unspecified atom stereocenters. The smallest absolute Gasteiger partial charge is 0.387 e. The first-order valence-electron chi connectivity index (χ1n) is 7.27. The molecule has 9 heteroatoms. The molecule has 0 radical (unpaired) electrons. The van der Waals surface area contributed by atoms with E-state index in [-0.39, 0.29) is 5.75 Å². The summed E-state index contributed by atoms with van der Waals surface area (Å²) in [6.07, 6.45) is 3.15. The Hall–Kier alpha value is -2.74. The molecule has 0 aliphatic rings. The minimum absolute atomic E-state index is 0.0816. The highest BCUT2D eigenvalue weighted by Gasteiger charge is 2.15. The van der Waals surface area contributed by atoms with Crippen LogP contribution in [0.3, 0.4) is 0 Å². The van der Waals surface area contributed by atoms with Gasteiger partial charge >= 0.3 is 6.61 Å². The highest BCUT2D eigenvalue weighted by Crippen LogP contribution is 2.30. The Morgan fingerprint density at radius 3 is 2.52 bits per heavy atom. The highest BCUT2D eigenvalue weighted by atomic mass is 35.5. The van der Waals surface area contributed by atoms with Gasteiger partial charge in [0, 0.05) is 12.7 Å². The van der Waals surface area contributed by atoms with Gasteiger partial charge in [0.1, 0.15) is 16.7 Å². The average Bonchev–Trinajstić information content (AvgIpc) is 2.82. The van der Waals surface area contributed by atoms with E-state index >= 15 is 0 Å². The van der Waals surface area contributed by atoms with Gasteiger partial charge in [-0.1, -0.05) is 11.6 Å². The second-order valence-electron chi connectivity index (χ2n) is 5.19. The SMILES string of the molecule is Cc1nn(C)c(Cl)c1-c1cncc(Nc2ccc(OC(F)F)cc2)n1. The van der Waals surface area contributed by atoms with Crippen molar-refractivity contribution in [2.75, 3.05) is 5.32 Å². The van der Waals surface area contributed by atoms with Gasteiger partial charge in [0.15, 0.2) is 0 Å². The number of hydrogen-bond acceptors (Lipinski definition) is 5. The van der Waals surface area contributed by atoms with E-state index in [2.05, 4.69) is 25.1 Å². The number of hydrogen-bond donors (Lipinski definition) is 1. The molecule has 6 nitrogen and oxygen atoms in total. The van der Waals surface area contributed by atoms with Gasteiger partial charge in [-0.05, 0) is 31.2 Å². The third kappa shape index (κ3) is 3.85. The summed E-state index contributed by atoms with van der Waals surface area (Å²) in [5, 5.41) is 7.78. The number of aryl methyl sites for hydroxylation is 2. The van der Waals surface area contributed by atoms with Gasteiger partial charge in [0.25, 0.3) is 0 Å². The normalized spacial score (nSPS) is 11.0. The summed E-state index contributed by atoms with van der Waals surface area (Å²) in [5.41, 5.74) is 2.69. The lowest BCUT2D eigenvalue weighted by atomic mass is 10.2. The molecule has 3 rings (SSSR count). The van der Waals surface area contributed by atoms with Crippen molar-refractivity contribution in [2.24, 2.45) is 7.05 Å². The Kier molecular flexibility index (Phi) is 4.80. The minimum atomic E-state index is -2.85. The molecule has 130 valence electrons. The zero-order chi connectivity index (χ0) is 18.0. The van der Waals surface area contributed by atoms with Crippen LogP contribution >= 0.6 is 11.6 Å². The van der Waals surface area contributed by atoms with E-state index in [0.717, 1.165) is 5.69 Å². The number of nitrogens with one attached hydrogen (secondary N) is 1. The van der Waals surface area contributed by atoms with Crippen LogP contribution in [0, 0.1) is 6.92 Å². The molecular weight excluding hydrogens is 352 g/mol. The lowest BCUT2D eigenvalue weighted by Gasteiger charge is -2.08. The van der Waals surface area contributed by atoms with Gasteiger partial charge in [0.2, 0.25) is 0 Å². The number of ether oxygens (including phenoxy) is 1. The van der Waals surface area contributed by atoms with Crippen LogP contribution < -0.4 is 10.1 Å². The third-order valence-corrected chi connectivity index (χ3v) is 3.83. The minimum Gasteiger partial charge on any atom is -0.435 e. The Balaban J connectivity index is 1.82. The van der Waals surface area contributed by atoms with Crippen molar-refractivity contribution in [1.82, 2.24) is 19.7 Å². The maximum Gasteiger partial charge on any atom is 0.387 e. The first-order valence-corrected chi connectivity index (χ1v) is 7.65. The molecule has 0 saturated heterocycles. The molecule has 25 heavy (non-hydrogen) atoms. The van der Waals surface area contributed by atoms with Crippen LogP contribution in [0.1, 0.15) is 5.69 Å². The summed E-state index contributed by atoms with van der Waals surface area (Å²) >= 11 is 6.26. The molecular formula is C16H14ClF2N5O. The van der Waals surface area contributed by atoms with Crippen molar-refractivity contribution >= 4 is 23.1 Å². The molecule has 2 heterocycles. The van der Waals surface area contributed by atoms with E-state index in [1.54, 1.807) is 36.3 Å². The topological polar surface area (TPSA) is 64.9 Å². The fourth-order valence-corrected chi connectivity index (χ4v) is 2.61. The molecule has 0 amide bonds. The van der Waals surface area contributed by atoms with Crippen LogP contribution in [0.2, 0.25) is 5.15 Å². The van der Waals surface area contributed by atoms with Gasteiger partial charge in [0.05, 0.1) is 29.3 Å². The van der Waals surface area contributed by atoms with Crippen LogP contribution in [-0.4, -0.2) is 26.4 Å². The Bertz CT molecular complexity index is 883. The zero-order valence-electron chi connectivity index (χ0n) is 13.4. The summed E-state index contributed by atoms with van der Waals surface area (Å²) in [7, 11) is 1.75. The third-order valence-electron chi connectivity index (χ3n) is 3.39.